The zero-order chi connectivity index (χ0) is 18.8. The van der Waals surface area contributed by atoms with E-state index in [4.69, 9.17) is 9.47 Å². The summed E-state index contributed by atoms with van der Waals surface area (Å²) in [4.78, 5) is 18.3. The molecular formula is C21H22N2O3S. The molecule has 140 valence electrons. The lowest BCUT2D eigenvalue weighted by atomic mass is 10.1. The van der Waals surface area contributed by atoms with E-state index in [-0.39, 0.29) is 11.3 Å². The number of H-pyrrole nitrogens is 1. The topological polar surface area (TPSA) is 54.6 Å². The average molecular weight is 382 g/mol. The zero-order valence-electron chi connectivity index (χ0n) is 15.4. The van der Waals surface area contributed by atoms with E-state index in [1.54, 1.807) is 26.0 Å². The number of carbonyl (C=O) groups is 1. The minimum Gasteiger partial charge on any atom is -0.493 e. The third-order valence-electron chi connectivity index (χ3n) is 4.92. The van der Waals surface area contributed by atoms with Crippen molar-refractivity contribution in [3.8, 4) is 11.5 Å². The molecular weight excluding hydrogens is 360 g/mol. The summed E-state index contributed by atoms with van der Waals surface area (Å²) in [7, 11) is 3.25. The van der Waals surface area contributed by atoms with Gasteiger partial charge in [0.15, 0.2) is 11.5 Å². The summed E-state index contributed by atoms with van der Waals surface area (Å²) in [5.74, 6) is 2.45. The summed E-state index contributed by atoms with van der Waals surface area (Å²) in [6.07, 6.45) is 2.34. The molecule has 1 atom stereocenters. The normalized spacial score (nSPS) is 16.7. The summed E-state index contributed by atoms with van der Waals surface area (Å²) < 4.78 is 10.7. The fourth-order valence-electron chi connectivity index (χ4n) is 3.55. The third kappa shape index (κ3) is 3.37. The van der Waals surface area contributed by atoms with Crippen LogP contribution in [0.5, 0.6) is 11.5 Å². The van der Waals surface area contributed by atoms with Crippen LogP contribution in [0.25, 0.3) is 10.9 Å². The van der Waals surface area contributed by atoms with E-state index in [9.17, 15) is 4.79 Å². The molecule has 0 spiro atoms. The lowest BCUT2D eigenvalue weighted by Gasteiger charge is -2.25. The number of aromatic amines is 1. The van der Waals surface area contributed by atoms with Gasteiger partial charge >= 0.3 is 0 Å². The maximum atomic E-state index is 13.1. The summed E-state index contributed by atoms with van der Waals surface area (Å²) >= 11 is 1.78. The van der Waals surface area contributed by atoms with Crippen molar-refractivity contribution in [1.82, 2.24) is 9.88 Å². The van der Waals surface area contributed by atoms with Crippen LogP contribution in [0.4, 0.5) is 0 Å². The first-order chi connectivity index (χ1) is 13.2. The Balaban J connectivity index is 1.57. The molecule has 0 bridgehead atoms. The Bertz CT molecular complexity index is 969. The monoisotopic (exact) mass is 382 g/mol. The van der Waals surface area contributed by atoms with Crippen LogP contribution in [0.2, 0.25) is 0 Å². The van der Waals surface area contributed by atoms with Crippen molar-refractivity contribution in [1.29, 1.82) is 0 Å². The fourth-order valence-corrected chi connectivity index (χ4v) is 4.82. The second-order valence-corrected chi connectivity index (χ2v) is 7.65. The minimum atomic E-state index is 0.00233. The molecule has 1 aliphatic rings. The first-order valence-corrected chi connectivity index (χ1v) is 9.94. The van der Waals surface area contributed by atoms with Gasteiger partial charge in [0.25, 0.3) is 0 Å². The van der Waals surface area contributed by atoms with Crippen molar-refractivity contribution < 1.29 is 14.3 Å². The molecule has 5 nitrogen and oxygen atoms in total. The number of amides is 1. The standard InChI is InChI=1S/C21H22N2O3S/c1-25-18-8-7-14(11-19(18)26-2)21-23(9-10-27-21)20(24)12-15-13-22-17-6-4-3-5-16(15)17/h3-8,11,13,21-22H,9-10,12H2,1-2H3. The van der Waals surface area contributed by atoms with Gasteiger partial charge in [-0.05, 0) is 29.3 Å². The molecule has 1 N–H and O–H groups in total. The predicted octanol–water partition coefficient (Wildman–Crippen LogP) is 4.00. The summed E-state index contributed by atoms with van der Waals surface area (Å²) in [6.45, 7) is 0.755. The van der Waals surface area contributed by atoms with Crippen LogP contribution in [0.1, 0.15) is 16.5 Å². The SMILES string of the molecule is COc1ccc(C2SCCN2C(=O)Cc2c[nH]c3ccccc23)cc1OC. The number of aromatic nitrogens is 1. The maximum absolute atomic E-state index is 13.1. The molecule has 4 rings (SSSR count). The number of hydrogen-bond acceptors (Lipinski definition) is 4. The molecule has 1 unspecified atom stereocenters. The zero-order valence-corrected chi connectivity index (χ0v) is 16.2. The van der Waals surface area contributed by atoms with Crippen LogP contribution < -0.4 is 9.47 Å². The smallest absolute Gasteiger partial charge is 0.228 e. The van der Waals surface area contributed by atoms with Gasteiger partial charge in [-0.2, -0.15) is 0 Å². The van der Waals surface area contributed by atoms with Crippen molar-refractivity contribution in [2.24, 2.45) is 0 Å². The number of ether oxygens (including phenoxy) is 2. The highest BCUT2D eigenvalue weighted by Gasteiger charge is 2.31. The molecule has 2 heterocycles. The number of nitrogens with one attached hydrogen (secondary N) is 1. The number of hydrogen-bond donors (Lipinski definition) is 1. The van der Waals surface area contributed by atoms with Gasteiger partial charge in [0.05, 0.1) is 20.6 Å². The molecule has 1 aromatic heterocycles. The second kappa shape index (κ2) is 7.56. The van der Waals surface area contributed by atoms with Crippen molar-refractivity contribution >= 4 is 28.6 Å². The molecule has 1 saturated heterocycles. The Labute approximate surface area is 162 Å². The molecule has 3 aromatic rings. The van der Waals surface area contributed by atoms with Crippen LogP contribution >= 0.6 is 11.8 Å². The maximum Gasteiger partial charge on any atom is 0.228 e. The van der Waals surface area contributed by atoms with Gasteiger partial charge < -0.3 is 19.4 Å². The van der Waals surface area contributed by atoms with Crippen molar-refractivity contribution in [2.45, 2.75) is 11.8 Å². The molecule has 27 heavy (non-hydrogen) atoms. The highest BCUT2D eigenvalue weighted by atomic mass is 32.2. The van der Waals surface area contributed by atoms with E-state index in [0.29, 0.717) is 17.9 Å². The van der Waals surface area contributed by atoms with Gasteiger partial charge in [0.2, 0.25) is 5.91 Å². The van der Waals surface area contributed by atoms with Crippen molar-refractivity contribution in [3.63, 3.8) is 0 Å². The number of nitrogens with zero attached hydrogens (tertiary/aromatic N) is 1. The summed E-state index contributed by atoms with van der Waals surface area (Å²) in [5, 5.41) is 1.11. The van der Waals surface area contributed by atoms with E-state index < -0.39 is 0 Å². The van der Waals surface area contributed by atoms with Gasteiger partial charge in [-0.25, -0.2) is 0 Å². The highest BCUT2D eigenvalue weighted by Crippen LogP contribution is 2.41. The predicted molar refractivity (Wildman–Crippen MR) is 108 cm³/mol. The molecule has 0 radical (unpaired) electrons. The van der Waals surface area contributed by atoms with E-state index in [1.807, 2.05) is 47.5 Å². The van der Waals surface area contributed by atoms with Crippen molar-refractivity contribution in [2.75, 3.05) is 26.5 Å². The van der Waals surface area contributed by atoms with Gasteiger partial charge in [-0.3, -0.25) is 4.79 Å². The van der Waals surface area contributed by atoms with E-state index in [2.05, 4.69) is 11.1 Å². The third-order valence-corrected chi connectivity index (χ3v) is 6.18. The van der Waals surface area contributed by atoms with Gasteiger partial charge in [0.1, 0.15) is 5.37 Å². The van der Waals surface area contributed by atoms with Crippen LogP contribution in [0.15, 0.2) is 48.7 Å². The summed E-state index contributed by atoms with van der Waals surface area (Å²) in [5.41, 5.74) is 3.16. The Hall–Kier alpha value is -2.60. The average Bonchev–Trinajstić information content (AvgIpc) is 3.35. The van der Waals surface area contributed by atoms with E-state index in [0.717, 1.165) is 34.3 Å². The van der Waals surface area contributed by atoms with Crippen LogP contribution in [0, 0.1) is 0 Å². The number of carbonyl (C=O) groups excluding carboxylic acids is 1. The lowest BCUT2D eigenvalue weighted by molar-refractivity contribution is -0.130. The molecule has 1 aliphatic heterocycles. The molecule has 2 aromatic carbocycles. The second-order valence-electron chi connectivity index (χ2n) is 6.46. The molecule has 1 amide bonds. The molecule has 0 aliphatic carbocycles. The van der Waals surface area contributed by atoms with Crippen molar-refractivity contribution in [3.05, 3.63) is 59.8 Å². The number of para-hydroxylation sites is 1. The van der Waals surface area contributed by atoms with E-state index >= 15 is 0 Å². The molecule has 0 saturated carbocycles. The van der Waals surface area contributed by atoms with Gasteiger partial charge in [-0.1, -0.05) is 24.3 Å². The number of rotatable bonds is 5. The Morgan fingerprint density at radius 1 is 1.19 bits per heavy atom. The first kappa shape index (κ1) is 17.8. The number of benzene rings is 2. The number of thioether (sulfide) groups is 1. The molecule has 1 fully saturated rings. The van der Waals surface area contributed by atoms with Gasteiger partial charge in [-0.15, -0.1) is 11.8 Å². The molecule has 6 heteroatoms. The minimum absolute atomic E-state index is 0.00233. The Kier molecular flexibility index (Phi) is 4.99. The van der Waals surface area contributed by atoms with Crippen LogP contribution in [-0.2, 0) is 11.2 Å². The van der Waals surface area contributed by atoms with Gasteiger partial charge in [0, 0.05) is 29.4 Å². The van der Waals surface area contributed by atoms with E-state index in [1.165, 1.54) is 0 Å². The Morgan fingerprint density at radius 2 is 2.00 bits per heavy atom. The van der Waals surface area contributed by atoms with Crippen LogP contribution in [-0.4, -0.2) is 42.3 Å². The quantitative estimate of drug-likeness (QED) is 0.725. The summed E-state index contributed by atoms with van der Waals surface area (Å²) in [6, 6.07) is 14.0. The van der Waals surface area contributed by atoms with Crippen LogP contribution in [0.3, 0.4) is 0 Å². The number of fused-ring (bicyclic) bond motifs is 1. The lowest BCUT2D eigenvalue weighted by Crippen LogP contribution is -2.31. The Morgan fingerprint density at radius 3 is 2.81 bits per heavy atom. The largest absolute Gasteiger partial charge is 0.493 e. The highest BCUT2D eigenvalue weighted by molar-refractivity contribution is 7.99. The first-order valence-electron chi connectivity index (χ1n) is 8.89. The fraction of sp³-hybridized carbons (Fsp3) is 0.286. The number of methoxy groups -OCH3 is 2.